The standard InChI is InChI=1S/C22H31N9O4/c1-12-13(2)19(28-31-25)22(34-18(12)10-32)35-21-14(3)20(33-11-15-7-5-4-6-8-15)16(26-29-23)9-17(21)27-30-24/h4-8,12-14,16-22,32H,9-11H2,1-3H3/t12-,13-,14+,16+,17?,18?,19?,20?,21-,22+/m0/s1. The summed E-state index contributed by atoms with van der Waals surface area (Å²) >= 11 is 0. The van der Waals surface area contributed by atoms with Crippen LogP contribution in [0.1, 0.15) is 32.8 Å². The van der Waals surface area contributed by atoms with Gasteiger partial charge in [-0.15, -0.1) is 0 Å². The van der Waals surface area contributed by atoms with Gasteiger partial charge in [-0.1, -0.05) is 66.4 Å². The number of nitrogens with zero attached hydrogens (tertiary/aromatic N) is 9. The van der Waals surface area contributed by atoms with E-state index in [9.17, 15) is 10.6 Å². The minimum absolute atomic E-state index is 0.0663. The van der Waals surface area contributed by atoms with Crippen molar-refractivity contribution in [2.75, 3.05) is 6.61 Å². The molecule has 0 radical (unpaired) electrons. The Kier molecular flexibility index (Phi) is 9.59. The first kappa shape index (κ1) is 26.6. The molecule has 0 bridgehead atoms. The first-order chi connectivity index (χ1) is 16.9. The van der Waals surface area contributed by atoms with Gasteiger partial charge in [0.25, 0.3) is 0 Å². The molecule has 0 spiro atoms. The van der Waals surface area contributed by atoms with E-state index in [-0.39, 0.29) is 30.8 Å². The molecule has 4 unspecified atom stereocenters. The number of hydrogen-bond donors (Lipinski definition) is 1. The van der Waals surface area contributed by atoms with E-state index >= 15 is 0 Å². The Labute approximate surface area is 203 Å². The highest BCUT2D eigenvalue weighted by Crippen LogP contribution is 2.39. The van der Waals surface area contributed by atoms with Crippen molar-refractivity contribution in [2.24, 2.45) is 33.1 Å². The average Bonchev–Trinajstić information content (AvgIpc) is 2.86. The Morgan fingerprint density at radius 2 is 1.54 bits per heavy atom. The van der Waals surface area contributed by atoms with Crippen LogP contribution in [0, 0.1) is 17.8 Å². The third-order valence-corrected chi connectivity index (χ3v) is 7.16. The van der Waals surface area contributed by atoms with E-state index < -0.39 is 42.7 Å². The molecule has 1 N–H and O–H groups in total. The van der Waals surface area contributed by atoms with Crippen LogP contribution < -0.4 is 0 Å². The van der Waals surface area contributed by atoms with Crippen LogP contribution in [0.5, 0.6) is 0 Å². The van der Waals surface area contributed by atoms with E-state index in [1.807, 2.05) is 51.1 Å². The van der Waals surface area contributed by atoms with Gasteiger partial charge in [-0.2, -0.15) is 0 Å². The van der Waals surface area contributed by atoms with Gasteiger partial charge in [0.05, 0.1) is 49.7 Å². The Morgan fingerprint density at radius 3 is 2.14 bits per heavy atom. The first-order valence-electron chi connectivity index (χ1n) is 11.6. The molecule has 2 aliphatic rings. The van der Waals surface area contributed by atoms with Crippen LogP contribution in [-0.4, -0.2) is 54.4 Å². The molecule has 188 valence electrons. The quantitative estimate of drug-likeness (QED) is 0.291. The summed E-state index contributed by atoms with van der Waals surface area (Å²) < 4.78 is 18.6. The number of azide groups is 3. The van der Waals surface area contributed by atoms with Crippen molar-refractivity contribution in [1.82, 2.24) is 0 Å². The second-order valence-electron chi connectivity index (χ2n) is 9.14. The van der Waals surface area contributed by atoms with Gasteiger partial charge in [0.2, 0.25) is 0 Å². The van der Waals surface area contributed by atoms with Crippen molar-refractivity contribution in [1.29, 1.82) is 0 Å². The summed E-state index contributed by atoms with van der Waals surface area (Å²) in [5.41, 5.74) is 28.4. The van der Waals surface area contributed by atoms with Crippen LogP contribution >= 0.6 is 0 Å². The smallest absolute Gasteiger partial charge is 0.167 e. The molecule has 1 aliphatic heterocycles. The van der Waals surface area contributed by atoms with Gasteiger partial charge in [0.15, 0.2) is 6.29 Å². The summed E-state index contributed by atoms with van der Waals surface area (Å²) in [5.74, 6) is -0.556. The number of benzene rings is 1. The molecule has 13 heteroatoms. The van der Waals surface area contributed by atoms with Crippen molar-refractivity contribution in [3.8, 4) is 0 Å². The lowest BCUT2D eigenvalue weighted by Gasteiger charge is -2.47. The SMILES string of the molecule is C[C@@H]1C(CO)O[C@H](O[C@@H]2C(N=[N+]=[N-])C[C@@H](N=[N+]=[N-])C(OCc3ccccc3)[C@H]2C)C(N=[N+]=[N-])[C@H]1C. The zero-order chi connectivity index (χ0) is 25.4. The number of aliphatic hydroxyl groups excluding tert-OH is 1. The normalized spacial score (nSPS) is 36.8. The van der Waals surface area contributed by atoms with Crippen LogP contribution in [0.15, 0.2) is 45.7 Å². The van der Waals surface area contributed by atoms with E-state index in [1.54, 1.807) is 0 Å². The lowest BCUT2D eigenvalue weighted by atomic mass is 9.78. The van der Waals surface area contributed by atoms with Gasteiger partial charge in [0, 0.05) is 20.7 Å². The van der Waals surface area contributed by atoms with Crippen molar-refractivity contribution < 1.29 is 19.3 Å². The molecule has 1 saturated carbocycles. The minimum Gasteiger partial charge on any atom is -0.394 e. The molecule has 13 nitrogen and oxygen atoms in total. The molecular formula is C22H31N9O4. The summed E-state index contributed by atoms with van der Waals surface area (Å²) in [6.07, 6.45) is -2.43. The van der Waals surface area contributed by atoms with Crippen molar-refractivity contribution in [3.63, 3.8) is 0 Å². The maximum atomic E-state index is 9.80. The number of aliphatic hydroxyl groups is 1. The van der Waals surface area contributed by atoms with Crippen LogP contribution in [-0.2, 0) is 20.8 Å². The van der Waals surface area contributed by atoms with Gasteiger partial charge in [-0.3, -0.25) is 0 Å². The molecule has 0 aromatic heterocycles. The van der Waals surface area contributed by atoms with Crippen molar-refractivity contribution in [2.45, 2.75) is 76.5 Å². The molecule has 1 saturated heterocycles. The van der Waals surface area contributed by atoms with E-state index in [4.69, 9.17) is 25.3 Å². The highest BCUT2D eigenvalue weighted by Gasteiger charge is 2.48. The fourth-order valence-corrected chi connectivity index (χ4v) is 4.98. The fourth-order valence-electron chi connectivity index (χ4n) is 4.98. The van der Waals surface area contributed by atoms with Crippen LogP contribution in [0.2, 0.25) is 0 Å². The Hall–Kier alpha value is -3.01. The Balaban J connectivity index is 1.88. The van der Waals surface area contributed by atoms with Gasteiger partial charge in [-0.05, 0) is 40.4 Å². The van der Waals surface area contributed by atoms with Gasteiger partial charge in [-0.25, -0.2) is 0 Å². The first-order valence-corrected chi connectivity index (χ1v) is 11.6. The molecule has 1 heterocycles. The molecule has 1 aromatic rings. The van der Waals surface area contributed by atoms with Crippen LogP contribution in [0.25, 0.3) is 31.3 Å². The van der Waals surface area contributed by atoms with Gasteiger partial charge >= 0.3 is 0 Å². The second-order valence-corrected chi connectivity index (χ2v) is 9.14. The third kappa shape index (κ3) is 6.17. The predicted molar refractivity (Wildman–Crippen MR) is 127 cm³/mol. The lowest BCUT2D eigenvalue weighted by molar-refractivity contribution is -0.269. The molecule has 1 aromatic carbocycles. The van der Waals surface area contributed by atoms with E-state index in [0.29, 0.717) is 6.61 Å². The monoisotopic (exact) mass is 485 g/mol. The number of hydrogen-bond acceptors (Lipinski definition) is 7. The van der Waals surface area contributed by atoms with Crippen LogP contribution in [0.4, 0.5) is 0 Å². The second kappa shape index (κ2) is 12.6. The molecule has 2 fully saturated rings. The Morgan fingerprint density at radius 1 is 0.914 bits per heavy atom. The van der Waals surface area contributed by atoms with Crippen molar-refractivity contribution >= 4 is 0 Å². The van der Waals surface area contributed by atoms with Crippen molar-refractivity contribution in [3.05, 3.63) is 67.2 Å². The molecule has 1 aliphatic carbocycles. The predicted octanol–water partition coefficient (Wildman–Crippen LogP) is 5.02. The molecule has 3 rings (SSSR count). The maximum Gasteiger partial charge on any atom is 0.167 e. The fraction of sp³-hybridized carbons (Fsp3) is 0.727. The molecular weight excluding hydrogens is 454 g/mol. The minimum atomic E-state index is -0.955. The largest absolute Gasteiger partial charge is 0.394 e. The summed E-state index contributed by atoms with van der Waals surface area (Å²) in [4.78, 5) is 8.91. The summed E-state index contributed by atoms with van der Waals surface area (Å²) in [5, 5.41) is 21.6. The van der Waals surface area contributed by atoms with Gasteiger partial charge < -0.3 is 19.3 Å². The van der Waals surface area contributed by atoms with E-state index in [1.165, 1.54) is 0 Å². The van der Waals surface area contributed by atoms with Gasteiger partial charge in [0.1, 0.15) is 0 Å². The molecule has 35 heavy (non-hydrogen) atoms. The summed E-state index contributed by atoms with van der Waals surface area (Å²) in [6, 6.07) is 7.72. The number of ether oxygens (including phenoxy) is 3. The third-order valence-electron chi connectivity index (χ3n) is 7.16. The van der Waals surface area contributed by atoms with E-state index in [0.717, 1.165) is 5.56 Å². The summed E-state index contributed by atoms with van der Waals surface area (Å²) in [6.45, 7) is 5.81. The lowest BCUT2D eigenvalue weighted by Crippen LogP contribution is -2.57. The summed E-state index contributed by atoms with van der Waals surface area (Å²) in [7, 11) is 0. The topological polar surface area (TPSA) is 194 Å². The highest BCUT2D eigenvalue weighted by molar-refractivity contribution is 5.13. The molecule has 0 amide bonds. The Bertz CT molecular complexity index is 978. The van der Waals surface area contributed by atoms with Crippen LogP contribution in [0.3, 0.4) is 0 Å². The maximum absolute atomic E-state index is 9.80. The molecule has 10 atom stereocenters. The average molecular weight is 486 g/mol. The zero-order valence-electron chi connectivity index (χ0n) is 20.0. The highest BCUT2D eigenvalue weighted by atomic mass is 16.7. The zero-order valence-corrected chi connectivity index (χ0v) is 20.0. The van der Waals surface area contributed by atoms with E-state index in [2.05, 4.69) is 30.1 Å². The number of rotatable bonds is 9.